The molecule has 2 aromatic heterocycles. The molecule has 5 nitrogen and oxygen atoms in total. The molecule has 32 heavy (non-hydrogen) atoms. The lowest BCUT2D eigenvalue weighted by molar-refractivity contribution is -0.116. The number of nitrogens with zero attached hydrogens (tertiary/aromatic N) is 2. The fourth-order valence-corrected chi connectivity index (χ4v) is 4.77. The Bertz CT molecular complexity index is 1200. The maximum Gasteiger partial charge on any atom is 0.224 e. The van der Waals surface area contributed by atoms with Gasteiger partial charge in [-0.1, -0.05) is 56.3 Å². The number of benzene rings is 2. The quantitative estimate of drug-likeness (QED) is 0.300. The Labute approximate surface area is 192 Å². The smallest absolute Gasteiger partial charge is 0.224 e. The van der Waals surface area contributed by atoms with E-state index in [9.17, 15) is 4.79 Å². The molecule has 4 aromatic rings. The summed E-state index contributed by atoms with van der Waals surface area (Å²) in [5, 5.41) is 7.46. The molecule has 0 bridgehead atoms. The van der Waals surface area contributed by atoms with E-state index in [0.29, 0.717) is 25.3 Å². The largest absolute Gasteiger partial charge is 0.369 e. The predicted octanol–water partition coefficient (Wildman–Crippen LogP) is 6.62. The van der Waals surface area contributed by atoms with Gasteiger partial charge in [-0.25, -0.2) is 9.97 Å². The van der Waals surface area contributed by atoms with Crippen molar-refractivity contribution in [3.8, 4) is 11.1 Å². The molecule has 0 saturated carbocycles. The first-order valence-electron chi connectivity index (χ1n) is 11.0. The molecule has 0 saturated heterocycles. The standard InChI is InChI=1S/C26H28N4OS/c1-17(2)19-11-13-21(14-12-19)30-22(31)10-7-15-27-25-24-23(20-8-5-4-6-9-20)18(3)32-26(24)29-16-28-25/h4-6,8-9,11-14,16-17H,7,10,15H2,1-3H3,(H,30,31)(H,27,28,29). The highest BCUT2D eigenvalue weighted by atomic mass is 32.1. The highest BCUT2D eigenvalue weighted by molar-refractivity contribution is 7.19. The van der Waals surface area contributed by atoms with Crippen LogP contribution in [0.25, 0.3) is 21.3 Å². The van der Waals surface area contributed by atoms with Crippen LogP contribution in [0.15, 0.2) is 60.9 Å². The number of anilines is 2. The van der Waals surface area contributed by atoms with Gasteiger partial charge in [0.05, 0.1) is 5.39 Å². The van der Waals surface area contributed by atoms with Crippen molar-refractivity contribution in [1.82, 2.24) is 9.97 Å². The van der Waals surface area contributed by atoms with Crippen molar-refractivity contribution in [2.24, 2.45) is 0 Å². The second-order valence-corrected chi connectivity index (χ2v) is 9.36. The molecule has 6 heteroatoms. The number of hydrogen-bond acceptors (Lipinski definition) is 5. The van der Waals surface area contributed by atoms with E-state index < -0.39 is 0 Å². The number of amides is 1. The maximum atomic E-state index is 12.3. The van der Waals surface area contributed by atoms with Gasteiger partial charge in [0.25, 0.3) is 0 Å². The lowest BCUT2D eigenvalue weighted by atomic mass is 10.0. The molecule has 2 N–H and O–H groups in total. The zero-order valence-corrected chi connectivity index (χ0v) is 19.5. The van der Waals surface area contributed by atoms with Crippen molar-refractivity contribution < 1.29 is 4.79 Å². The summed E-state index contributed by atoms with van der Waals surface area (Å²) in [6.45, 7) is 7.10. The van der Waals surface area contributed by atoms with Gasteiger partial charge < -0.3 is 10.6 Å². The van der Waals surface area contributed by atoms with E-state index in [4.69, 9.17) is 0 Å². The summed E-state index contributed by atoms with van der Waals surface area (Å²) >= 11 is 1.68. The first kappa shape index (κ1) is 22.0. The molecule has 0 aliphatic rings. The Morgan fingerprint density at radius 2 is 1.78 bits per heavy atom. The number of aryl methyl sites for hydroxylation is 1. The van der Waals surface area contributed by atoms with Crippen molar-refractivity contribution >= 4 is 39.0 Å². The Balaban J connectivity index is 1.38. The van der Waals surface area contributed by atoms with Crippen LogP contribution in [0.4, 0.5) is 11.5 Å². The maximum absolute atomic E-state index is 12.3. The Morgan fingerprint density at radius 3 is 2.50 bits per heavy atom. The van der Waals surface area contributed by atoms with Crippen molar-refractivity contribution in [3.63, 3.8) is 0 Å². The van der Waals surface area contributed by atoms with Crippen LogP contribution < -0.4 is 10.6 Å². The first-order valence-corrected chi connectivity index (χ1v) is 11.8. The summed E-state index contributed by atoms with van der Waals surface area (Å²) in [6, 6.07) is 18.4. The number of aromatic nitrogens is 2. The van der Waals surface area contributed by atoms with Crippen LogP contribution in [-0.2, 0) is 4.79 Å². The highest BCUT2D eigenvalue weighted by Gasteiger charge is 2.16. The summed E-state index contributed by atoms with van der Waals surface area (Å²) in [5.41, 5.74) is 4.45. The third-order valence-corrected chi connectivity index (χ3v) is 6.47. The molecule has 0 radical (unpaired) electrons. The van der Waals surface area contributed by atoms with Gasteiger partial charge in [-0.3, -0.25) is 4.79 Å². The van der Waals surface area contributed by atoms with Gasteiger partial charge in [0.15, 0.2) is 0 Å². The van der Waals surface area contributed by atoms with Gasteiger partial charge in [-0.2, -0.15) is 0 Å². The molecule has 1 amide bonds. The Kier molecular flexibility index (Phi) is 6.81. The molecule has 4 rings (SSSR count). The Morgan fingerprint density at radius 1 is 1.03 bits per heavy atom. The van der Waals surface area contributed by atoms with Crippen LogP contribution in [-0.4, -0.2) is 22.4 Å². The van der Waals surface area contributed by atoms with Crippen molar-refractivity contribution in [2.45, 2.75) is 39.5 Å². The minimum Gasteiger partial charge on any atom is -0.369 e. The lowest BCUT2D eigenvalue weighted by Gasteiger charge is -2.10. The van der Waals surface area contributed by atoms with Crippen LogP contribution >= 0.6 is 11.3 Å². The van der Waals surface area contributed by atoms with Crippen molar-refractivity contribution in [3.05, 3.63) is 71.4 Å². The number of carbonyl (C=O) groups is 1. The SMILES string of the molecule is Cc1sc2ncnc(NCCCC(=O)Nc3ccc(C(C)C)cc3)c2c1-c1ccccc1. The van der Waals surface area contributed by atoms with Crippen LogP contribution in [0, 0.1) is 6.92 Å². The molecule has 164 valence electrons. The van der Waals surface area contributed by atoms with Gasteiger partial charge in [-0.15, -0.1) is 11.3 Å². The summed E-state index contributed by atoms with van der Waals surface area (Å²) in [6.07, 6.45) is 2.76. The average Bonchev–Trinajstić information content (AvgIpc) is 3.14. The zero-order chi connectivity index (χ0) is 22.5. The van der Waals surface area contributed by atoms with E-state index in [-0.39, 0.29) is 5.91 Å². The zero-order valence-electron chi connectivity index (χ0n) is 18.7. The van der Waals surface area contributed by atoms with E-state index in [1.807, 2.05) is 30.3 Å². The number of hydrogen-bond donors (Lipinski definition) is 2. The molecule has 2 heterocycles. The van der Waals surface area contributed by atoms with E-state index >= 15 is 0 Å². The van der Waals surface area contributed by atoms with Crippen molar-refractivity contribution in [2.75, 3.05) is 17.2 Å². The minimum absolute atomic E-state index is 0.0216. The summed E-state index contributed by atoms with van der Waals surface area (Å²) in [4.78, 5) is 23.5. The first-order chi connectivity index (χ1) is 15.5. The molecule has 0 fully saturated rings. The van der Waals surface area contributed by atoms with Gasteiger partial charge in [0.2, 0.25) is 5.91 Å². The normalized spacial score (nSPS) is 11.1. The molecule has 0 aliphatic carbocycles. The van der Waals surface area contributed by atoms with Crippen LogP contribution in [0.5, 0.6) is 0 Å². The molecule has 0 spiro atoms. The average molecular weight is 445 g/mol. The second-order valence-electron chi connectivity index (χ2n) is 8.16. The fourth-order valence-electron chi connectivity index (χ4n) is 3.76. The van der Waals surface area contributed by atoms with E-state index in [1.54, 1.807) is 17.7 Å². The lowest BCUT2D eigenvalue weighted by Crippen LogP contribution is -2.13. The highest BCUT2D eigenvalue weighted by Crippen LogP contribution is 2.40. The summed E-state index contributed by atoms with van der Waals surface area (Å²) in [7, 11) is 0. The van der Waals surface area contributed by atoms with E-state index in [1.165, 1.54) is 16.0 Å². The second kappa shape index (κ2) is 9.92. The van der Waals surface area contributed by atoms with Crippen LogP contribution in [0.3, 0.4) is 0 Å². The van der Waals surface area contributed by atoms with Crippen LogP contribution in [0.2, 0.25) is 0 Å². The molecule has 0 unspecified atom stereocenters. The molecule has 0 aliphatic heterocycles. The minimum atomic E-state index is 0.0216. The molecular formula is C26H28N4OS. The summed E-state index contributed by atoms with van der Waals surface area (Å²) in [5.74, 6) is 1.32. The monoisotopic (exact) mass is 444 g/mol. The molecule has 2 aromatic carbocycles. The van der Waals surface area contributed by atoms with Crippen LogP contribution in [0.1, 0.15) is 43.0 Å². The number of carbonyl (C=O) groups excluding carboxylic acids is 1. The number of nitrogens with one attached hydrogen (secondary N) is 2. The Hall–Kier alpha value is -3.25. The fraction of sp³-hybridized carbons (Fsp3) is 0.269. The van der Waals surface area contributed by atoms with Crippen molar-refractivity contribution in [1.29, 1.82) is 0 Å². The summed E-state index contributed by atoms with van der Waals surface area (Å²) < 4.78 is 0. The number of fused-ring (bicyclic) bond motifs is 1. The van der Waals surface area contributed by atoms with E-state index in [2.05, 4.69) is 65.6 Å². The third-order valence-electron chi connectivity index (χ3n) is 5.46. The third kappa shape index (κ3) is 4.97. The molecule has 0 atom stereocenters. The number of thiophene rings is 1. The van der Waals surface area contributed by atoms with Gasteiger partial charge in [0, 0.05) is 29.1 Å². The van der Waals surface area contributed by atoms with E-state index in [0.717, 1.165) is 27.3 Å². The predicted molar refractivity (Wildman–Crippen MR) is 134 cm³/mol. The number of rotatable bonds is 8. The molecular weight excluding hydrogens is 416 g/mol. The van der Waals surface area contributed by atoms with Gasteiger partial charge >= 0.3 is 0 Å². The van der Waals surface area contributed by atoms with Gasteiger partial charge in [-0.05, 0) is 42.5 Å². The van der Waals surface area contributed by atoms with Gasteiger partial charge in [0.1, 0.15) is 17.0 Å². The topological polar surface area (TPSA) is 66.9 Å².